The number of hydrogen-bond donors (Lipinski definition) is 1. The van der Waals surface area contributed by atoms with E-state index in [-0.39, 0.29) is 0 Å². The molecule has 72 valence electrons. The first-order valence-corrected chi connectivity index (χ1v) is 5.67. The van der Waals surface area contributed by atoms with E-state index in [0.29, 0.717) is 5.75 Å². The summed E-state index contributed by atoms with van der Waals surface area (Å²) < 4.78 is 14.1. The highest BCUT2D eigenvalue weighted by Crippen LogP contribution is 2.15. The summed E-state index contributed by atoms with van der Waals surface area (Å²) in [7, 11) is 0. The average molecular weight is 197 g/mol. The molecule has 3 heteroatoms. The Balaban J connectivity index is 2.73. The Morgan fingerprint density at radius 1 is 1.31 bits per heavy atom. The van der Waals surface area contributed by atoms with Gasteiger partial charge in [0.15, 0.2) is 0 Å². The van der Waals surface area contributed by atoms with Gasteiger partial charge in [-0.25, -0.2) is 4.72 Å². The van der Waals surface area contributed by atoms with Crippen LogP contribution in [-0.4, -0.2) is 10.3 Å². The minimum Gasteiger partial charge on any atom is -0.593 e. The molecule has 0 aliphatic carbocycles. The van der Waals surface area contributed by atoms with Crippen LogP contribution in [0.15, 0.2) is 18.2 Å². The minimum atomic E-state index is -0.943. The van der Waals surface area contributed by atoms with Gasteiger partial charge in [-0.05, 0) is 44.0 Å². The van der Waals surface area contributed by atoms with Gasteiger partial charge in [-0.15, -0.1) is 0 Å². The maximum absolute atomic E-state index is 11.2. The average Bonchev–Trinajstić information content (AvgIpc) is 2.11. The van der Waals surface area contributed by atoms with E-state index in [4.69, 9.17) is 0 Å². The van der Waals surface area contributed by atoms with Crippen molar-refractivity contribution in [1.82, 2.24) is 0 Å². The molecule has 1 aromatic rings. The van der Waals surface area contributed by atoms with Crippen LogP contribution in [0.2, 0.25) is 0 Å². The smallest absolute Gasteiger partial charge is 0.128 e. The van der Waals surface area contributed by atoms with Crippen molar-refractivity contribution >= 4 is 17.0 Å². The van der Waals surface area contributed by atoms with E-state index in [2.05, 4.69) is 18.6 Å². The second kappa shape index (κ2) is 4.53. The first-order chi connectivity index (χ1) is 6.13. The second-order valence-corrected chi connectivity index (χ2v) is 4.51. The summed E-state index contributed by atoms with van der Waals surface area (Å²) in [4.78, 5) is 0. The molecular formula is C10H15NOS. The number of benzene rings is 1. The number of rotatable bonds is 3. The lowest BCUT2D eigenvalue weighted by molar-refractivity contribution is 0.601. The molecule has 0 aliphatic heterocycles. The van der Waals surface area contributed by atoms with Crippen LogP contribution in [0.4, 0.5) is 5.69 Å². The molecule has 0 saturated heterocycles. The highest BCUT2D eigenvalue weighted by atomic mass is 32.2. The molecule has 0 bridgehead atoms. The third kappa shape index (κ3) is 2.94. The van der Waals surface area contributed by atoms with Crippen molar-refractivity contribution in [2.75, 3.05) is 10.5 Å². The molecule has 0 radical (unpaired) electrons. The van der Waals surface area contributed by atoms with Crippen LogP contribution in [0, 0.1) is 13.8 Å². The number of hydrogen-bond acceptors (Lipinski definition) is 2. The van der Waals surface area contributed by atoms with Gasteiger partial charge in [-0.1, -0.05) is 6.07 Å². The summed E-state index contributed by atoms with van der Waals surface area (Å²) in [5.74, 6) is 0.632. The van der Waals surface area contributed by atoms with E-state index in [9.17, 15) is 4.55 Å². The van der Waals surface area contributed by atoms with Crippen molar-refractivity contribution in [2.45, 2.75) is 20.8 Å². The van der Waals surface area contributed by atoms with Crippen molar-refractivity contribution in [3.05, 3.63) is 29.3 Å². The highest BCUT2D eigenvalue weighted by Gasteiger charge is 2.03. The van der Waals surface area contributed by atoms with Gasteiger partial charge >= 0.3 is 0 Å². The number of aryl methyl sites for hydroxylation is 2. The zero-order valence-electron chi connectivity index (χ0n) is 8.26. The molecule has 1 rings (SSSR count). The summed E-state index contributed by atoms with van der Waals surface area (Å²) in [6.07, 6.45) is 0. The number of anilines is 1. The largest absolute Gasteiger partial charge is 0.593 e. The van der Waals surface area contributed by atoms with E-state index in [1.165, 1.54) is 11.1 Å². The molecule has 1 atom stereocenters. The van der Waals surface area contributed by atoms with Crippen molar-refractivity contribution in [1.29, 1.82) is 0 Å². The fourth-order valence-electron chi connectivity index (χ4n) is 1.01. The quantitative estimate of drug-likeness (QED) is 0.755. The minimum absolute atomic E-state index is 0.632. The molecule has 0 amide bonds. The van der Waals surface area contributed by atoms with E-state index in [1.807, 2.05) is 25.1 Å². The molecule has 1 unspecified atom stereocenters. The van der Waals surface area contributed by atoms with E-state index in [0.717, 1.165) is 5.69 Å². The summed E-state index contributed by atoms with van der Waals surface area (Å²) in [6, 6.07) is 6.00. The monoisotopic (exact) mass is 197 g/mol. The Morgan fingerprint density at radius 2 is 2.00 bits per heavy atom. The van der Waals surface area contributed by atoms with Crippen molar-refractivity contribution in [2.24, 2.45) is 0 Å². The lowest BCUT2D eigenvalue weighted by Gasteiger charge is -2.10. The molecule has 0 fully saturated rings. The lowest BCUT2D eigenvalue weighted by Crippen LogP contribution is -2.14. The lowest BCUT2D eigenvalue weighted by atomic mass is 10.1. The topological polar surface area (TPSA) is 35.1 Å². The van der Waals surface area contributed by atoms with E-state index < -0.39 is 11.4 Å². The maximum atomic E-state index is 11.2. The molecule has 1 N–H and O–H groups in total. The van der Waals surface area contributed by atoms with Crippen LogP contribution in [0.1, 0.15) is 18.1 Å². The van der Waals surface area contributed by atoms with Gasteiger partial charge in [-0.2, -0.15) is 0 Å². The highest BCUT2D eigenvalue weighted by molar-refractivity contribution is 7.92. The van der Waals surface area contributed by atoms with Gasteiger partial charge in [0.05, 0.1) is 17.0 Å². The van der Waals surface area contributed by atoms with Crippen molar-refractivity contribution in [3.8, 4) is 0 Å². The van der Waals surface area contributed by atoms with Crippen molar-refractivity contribution < 1.29 is 4.55 Å². The fraction of sp³-hybridized carbons (Fsp3) is 0.400. The summed E-state index contributed by atoms with van der Waals surface area (Å²) in [5, 5.41) is 0. The van der Waals surface area contributed by atoms with Gasteiger partial charge in [0.1, 0.15) is 5.75 Å². The van der Waals surface area contributed by atoms with Crippen LogP contribution in [0.25, 0.3) is 0 Å². The zero-order valence-corrected chi connectivity index (χ0v) is 9.07. The first kappa shape index (κ1) is 10.4. The van der Waals surface area contributed by atoms with Gasteiger partial charge < -0.3 is 4.55 Å². The van der Waals surface area contributed by atoms with Crippen LogP contribution in [-0.2, 0) is 11.4 Å². The van der Waals surface area contributed by atoms with Gasteiger partial charge in [0, 0.05) is 0 Å². The predicted molar refractivity (Wildman–Crippen MR) is 58.2 cm³/mol. The molecule has 0 saturated carbocycles. The summed E-state index contributed by atoms with van der Waals surface area (Å²) in [5.41, 5.74) is 3.41. The summed E-state index contributed by atoms with van der Waals surface area (Å²) in [6.45, 7) is 6.01. The van der Waals surface area contributed by atoms with Crippen molar-refractivity contribution in [3.63, 3.8) is 0 Å². The zero-order chi connectivity index (χ0) is 9.84. The van der Waals surface area contributed by atoms with E-state index in [1.54, 1.807) is 0 Å². The van der Waals surface area contributed by atoms with Crippen LogP contribution >= 0.6 is 0 Å². The normalized spacial score (nSPS) is 12.6. The Bertz CT molecular complexity index is 288. The fourth-order valence-corrected chi connectivity index (χ4v) is 1.54. The Morgan fingerprint density at radius 3 is 2.54 bits per heavy atom. The molecule has 0 aromatic heterocycles. The van der Waals surface area contributed by atoms with Crippen LogP contribution in [0.3, 0.4) is 0 Å². The van der Waals surface area contributed by atoms with Crippen LogP contribution in [0.5, 0.6) is 0 Å². The Hall–Kier alpha value is -0.670. The Labute approximate surface area is 82.7 Å². The molecule has 0 spiro atoms. The first-order valence-electron chi connectivity index (χ1n) is 4.35. The second-order valence-electron chi connectivity index (χ2n) is 3.04. The molecular weight excluding hydrogens is 182 g/mol. The van der Waals surface area contributed by atoms with E-state index >= 15 is 0 Å². The Kier molecular flexibility index (Phi) is 3.63. The molecule has 0 aliphatic rings. The summed E-state index contributed by atoms with van der Waals surface area (Å²) >= 11 is -0.943. The number of nitrogens with one attached hydrogen (secondary N) is 1. The molecule has 1 aromatic carbocycles. The van der Waals surface area contributed by atoms with Crippen LogP contribution < -0.4 is 4.72 Å². The molecule has 2 nitrogen and oxygen atoms in total. The maximum Gasteiger partial charge on any atom is 0.128 e. The predicted octanol–water partition coefficient (Wildman–Crippen LogP) is 2.40. The SMILES string of the molecule is CC[S+]([O-])Nc1ccc(C)c(C)c1. The standard InChI is InChI=1S/C10H15NOS/c1-4-13(12)11-10-6-5-8(2)9(3)7-10/h5-7,11H,4H2,1-3H3. The molecule has 0 heterocycles. The van der Waals surface area contributed by atoms with Gasteiger partial charge in [-0.3, -0.25) is 0 Å². The third-order valence-corrected chi connectivity index (χ3v) is 2.99. The van der Waals surface area contributed by atoms with Gasteiger partial charge in [0.25, 0.3) is 0 Å². The third-order valence-electron chi connectivity index (χ3n) is 2.00. The van der Waals surface area contributed by atoms with Gasteiger partial charge in [0.2, 0.25) is 0 Å². The molecule has 13 heavy (non-hydrogen) atoms.